The molecule has 2 heterocycles. The molecule has 0 bridgehead atoms. The predicted molar refractivity (Wildman–Crippen MR) is 112 cm³/mol. The Kier molecular flexibility index (Phi) is 6.94. The summed E-state index contributed by atoms with van der Waals surface area (Å²) in [4.78, 5) is 7.34. The van der Waals surface area contributed by atoms with Crippen molar-refractivity contribution >= 4 is 17.6 Å². The molecule has 1 saturated heterocycles. The molecule has 0 aliphatic carbocycles. The molecule has 1 aromatic heterocycles. The lowest BCUT2D eigenvalue weighted by molar-refractivity contribution is 0.205. The van der Waals surface area contributed by atoms with E-state index < -0.39 is 0 Å². The largest absolute Gasteiger partial charge is 0.330 e. The van der Waals surface area contributed by atoms with Crippen LogP contribution in [0.3, 0.4) is 0 Å². The minimum absolute atomic E-state index is 0.384. The van der Waals surface area contributed by atoms with Crippen LogP contribution in [0.2, 0.25) is 0 Å². The number of nitrogens with zero attached hydrogens (tertiary/aromatic N) is 2. The van der Waals surface area contributed by atoms with Crippen molar-refractivity contribution in [3.8, 4) is 0 Å². The van der Waals surface area contributed by atoms with Crippen LogP contribution in [0.4, 0.5) is 5.69 Å². The molecule has 5 heteroatoms. The summed E-state index contributed by atoms with van der Waals surface area (Å²) in [5.74, 6) is 1.06. The molecule has 0 radical (unpaired) electrons. The van der Waals surface area contributed by atoms with Gasteiger partial charge < -0.3 is 10.5 Å². The minimum atomic E-state index is 0.384. The van der Waals surface area contributed by atoms with Gasteiger partial charge in [-0.3, -0.25) is 9.88 Å². The topological polar surface area (TPSA) is 54.2 Å². The molecule has 3 rings (SSSR count). The maximum atomic E-state index is 6.00. The summed E-state index contributed by atoms with van der Waals surface area (Å²) in [6.07, 6.45) is 3.08. The zero-order valence-electron chi connectivity index (χ0n) is 15.9. The van der Waals surface area contributed by atoms with Crippen LogP contribution in [-0.4, -0.2) is 34.8 Å². The van der Waals surface area contributed by atoms with E-state index >= 15 is 0 Å². The lowest BCUT2D eigenvalue weighted by Gasteiger charge is -2.30. The molecule has 1 aromatic carbocycles. The van der Waals surface area contributed by atoms with Crippen molar-refractivity contribution in [2.24, 2.45) is 5.73 Å². The summed E-state index contributed by atoms with van der Waals surface area (Å²) in [5.41, 5.74) is 12.1. The molecule has 4 nitrogen and oxygen atoms in total. The van der Waals surface area contributed by atoms with Gasteiger partial charge in [0, 0.05) is 41.8 Å². The van der Waals surface area contributed by atoms with Crippen LogP contribution in [0, 0.1) is 6.92 Å². The van der Waals surface area contributed by atoms with Crippen LogP contribution < -0.4 is 10.5 Å². The van der Waals surface area contributed by atoms with E-state index in [2.05, 4.69) is 59.9 Å². The zero-order valence-corrected chi connectivity index (χ0v) is 16.7. The van der Waals surface area contributed by atoms with E-state index in [1.165, 1.54) is 11.1 Å². The van der Waals surface area contributed by atoms with Crippen molar-refractivity contribution in [2.75, 3.05) is 23.6 Å². The smallest absolute Gasteiger partial charge is 0.0450 e. The van der Waals surface area contributed by atoms with Crippen molar-refractivity contribution in [2.45, 2.75) is 45.7 Å². The first-order valence-electron chi connectivity index (χ1n) is 9.54. The van der Waals surface area contributed by atoms with Gasteiger partial charge in [-0.2, -0.15) is 0 Å². The lowest BCUT2D eigenvalue weighted by Crippen LogP contribution is -2.39. The second-order valence-electron chi connectivity index (χ2n) is 7.07. The first-order valence-corrected chi connectivity index (χ1v) is 10.5. The van der Waals surface area contributed by atoms with Gasteiger partial charge in [-0.1, -0.05) is 37.1 Å². The van der Waals surface area contributed by atoms with E-state index in [4.69, 9.17) is 10.7 Å². The molecule has 1 aliphatic heterocycles. The van der Waals surface area contributed by atoms with Gasteiger partial charge in [0.25, 0.3) is 0 Å². The van der Waals surface area contributed by atoms with Crippen LogP contribution in [0.25, 0.3) is 0 Å². The molecule has 1 fully saturated rings. The third kappa shape index (κ3) is 5.47. The number of pyridine rings is 1. The fourth-order valence-electron chi connectivity index (χ4n) is 3.31. The quantitative estimate of drug-likeness (QED) is 0.722. The molecular weight excluding hydrogens is 340 g/mol. The summed E-state index contributed by atoms with van der Waals surface area (Å²) in [5, 5.41) is 0. The highest BCUT2D eigenvalue weighted by atomic mass is 32.2. The Morgan fingerprint density at radius 2 is 1.88 bits per heavy atom. The summed E-state index contributed by atoms with van der Waals surface area (Å²) in [7, 11) is 0. The first-order chi connectivity index (χ1) is 12.6. The van der Waals surface area contributed by atoms with Crippen LogP contribution >= 0.6 is 11.9 Å². The molecular formula is C21H30N4S. The Morgan fingerprint density at radius 3 is 2.54 bits per heavy atom. The third-order valence-electron chi connectivity index (χ3n) is 4.95. The Balaban J connectivity index is 1.58. The zero-order chi connectivity index (χ0) is 18.4. The molecule has 0 amide bonds. The third-order valence-corrected chi connectivity index (χ3v) is 5.62. The van der Waals surface area contributed by atoms with Crippen LogP contribution in [-0.2, 0) is 13.0 Å². The van der Waals surface area contributed by atoms with E-state index in [-0.39, 0.29) is 0 Å². The molecule has 0 saturated carbocycles. The van der Waals surface area contributed by atoms with Crippen molar-refractivity contribution < 1.29 is 0 Å². The Morgan fingerprint density at radius 1 is 1.15 bits per heavy atom. The summed E-state index contributed by atoms with van der Waals surface area (Å²) in [6, 6.07) is 13.5. The second-order valence-corrected chi connectivity index (χ2v) is 8.14. The predicted octanol–water partition coefficient (Wildman–Crippen LogP) is 3.98. The van der Waals surface area contributed by atoms with E-state index in [1.807, 2.05) is 0 Å². The van der Waals surface area contributed by atoms with E-state index in [9.17, 15) is 0 Å². The second kappa shape index (κ2) is 9.40. The Bertz CT molecular complexity index is 694. The van der Waals surface area contributed by atoms with Gasteiger partial charge >= 0.3 is 0 Å². The molecule has 0 unspecified atom stereocenters. The number of anilines is 1. The number of hydrogen-bond donors (Lipinski definition) is 2. The number of nitrogens with two attached hydrogens (primary N) is 1. The maximum Gasteiger partial charge on any atom is 0.0450 e. The number of piperidine rings is 1. The van der Waals surface area contributed by atoms with Gasteiger partial charge in [0.2, 0.25) is 0 Å². The highest BCUT2D eigenvalue weighted by Gasteiger charge is 2.17. The SMILES string of the molecule is CCSNc1ccc(Cc2ccc(CN3CCC(N)CC3)c(C)n2)cc1. The van der Waals surface area contributed by atoms with Gasteiger partial charge in [0.1, 0.15) is 0 Å². The van der Waals surface area contributed by atoms with Gasteiger partial charge in [0.15, 0.2) is 0 Å². The average molecular weight is 371 g/mol. The normalized spacial score (nSPS) is 16.0. The number of aromatic nitrogens is 1. The molecule has 1 aliphatic rings. The van der Waals surface area contributed by atoms with Crippen LogP contribution in [0.5, 0.6) is 0 Å². The number of hydrogen-bond acceptors (Lipinski definition) is 5. The molecule has 140 valence electrons. The molecule has 26 heavy (non-hydrogen) atoms. The number of likely N-dealkylation sites (tertiary alicyclic amines) is 1. The van der Waals surface area contributed by atoms with E-state index in [0.29, 0.717) is 6.04 Å². The molecule has 3 N–H and O–H groups in total. The number of rotatable bonds is 7. The van der Waals surface area contributed by atoms with Gasteiger partial charge in [-0.25, -0.2) is 0 Å². The molecule has 2 aromatic rings. The van der Waals surface area contributed by atoms with Gasteiger partial charge in [0.05, 0.1) is 0 Å². The Hall–Kier alpha value is -1.56. The van der Waals surface area contributed by atoms with Gasteiger partial charge in [-0.15, -0.1) is 0 Å². The van der Waals surface area contributed by atoms with Crippen LogP contribution in [0.1, 0.15) is 42.3 Å². The first kappa shape index (κ1) is 19.2. The summed E-state index contributed by atoms with van der Waals surface area (Å²) >= 11 is 1.72. The molecule has 0 atom stereocenters. The standard InChI is InChI=1S/C21H30N4S/c1-3-26-24-20-7-4-17(5-8-20)14-21-9-6-18(16(2)23-21)15-25-12-10-19(22)11-13-25/h4-9,19,24H,3,10-15,22H2,1-2H3. The van der Waals surface area contributed by atoms with Crippen molar-refractivity contribution in [3.05, 3.63) is 58.9 Å². The number of aryl methyl sites for hydroxylation is 1. The fraction of sp³-hybridized carbons (Fsp3) is 0.476. The Labute approximate surface area is 161 Å². The van der Waals surface area contributed by atoms with Crippen LogP contribution in [0.15, 0.2) is 36.4 Å². The van der Waals surface area contributed by atoms with Gasteiger partial charge in [-0.05, 0) is 62.2 Å². The van der Waals surface area contributed by atoms with Crippen molar-refractivity contribution in [1.29, 1.82) is 0 Å². The molecule has 0 spiro atoms. The van der Waals surface area contributed by atoms with Crippen molar-refractivity contribution in [1.82, 2.24) is 9.88 Å². The summed E-state index contributed by atoms with van der Waals surface area (Å²) in [6.45, 7) is 7.45. The summed E-state index contributed by atoms with van der Waals surface area (Å²) < 4.78 is 3.33. The van der Waals surface area contributed by atoms with E-state index in [0.717, 1.165) is 61.7 Å². The number of nitrogens with one attached hydrogen (secondary N) is 1. The fourth-order valence-corrected chi connectivity index (χ4v) is 3.76. The number of benzene rings is 1. The highest BCUT2D eigenvalue weighted by molar-refractivity contribution is 8.00. The average Bonchev–Trinajstić information content (AvgIpc) is 2.65. The van der Waals surface area contributed by atoms with E-state index in [1.54, 1.807) is 11.9 Å². The lowest BCUT2D eigenvalue weighted by atomic mass is 10.0. The highest BCUT2D eigenvalue weighted by Crippen LogP contribution is 2.18. The monoisotopic (exact) mass is 370 g/mol. The minimum Gasteiger partial charge on any atom is -0.330 e. The van der Waals surface area contributed by atoms with Crippen molar-refractivity contribution in [3.63, 3.8) is 0 Å². The maximum absolute atomic E-state index is 6.00.